The highest BCUT2D eigenvalue weighted by Crippen LogP contribution is 2.26. The van der Waals surface area contributed by atoms with Crippen LogP contribution in [0.1, 0.15) is 37.0 Å². The van der Waals surface area contributed by atoms with Crippen LogP contribution < -0.4 is 0 Å². The van der Waals surface area contributed by atoms with E-state index in [-0.39, 0.29) is 17.6 Å². The van der Waals surface area contributed by atoms with E-state index < -0.39 is 5.97 Å². The van der Waals surface area contributed by atoms with E-state index in [1.54, 1.807) is 18.2 Å². The van der Waals surface area contributed by atoms with Crippen molar-refractivity contribution in [2.45, 2.75) is 32.7 Å². The highest BCUT2D eigenvalue weighted by Gasteiger charge is 2.23. The van der Waals surface area contributed by atoms with Gasteiger partial charge in [-0.1, -0.05) is 20.8 Å². The number of imidazole rings is 1. The topological polar surface area (TPSA) is 75.3 Å². The molecule has 19 heavy (non-hydrogen) atoms. The highest BCUT2D eigenvalue weighted by molar-refractivity contribution is 5.92. The van der Waals surface area contributed by atoms with Gasteiger partial charge in [0.25, 0.3) is 0 Å². The minimum absolute atomic E-state index is 0.0230. The lowest BCUT2D eigenvalue weighted by Crippen LogP contribution is -2.20. The molecule has 102 valence electrons. The lowest BCUT2D eigenvalue weighted by Gasteiger charge is -2.19. The highest BCUT2D eigenvalue weighted by atomic mass is 16.4. The molecule has 0 bridgehead atoms. The Kier molecular flexibility index (Phi) is 3.32. The molecule has 0 saturated heterocycles. The first-order valence-corrected chi connectivity index (χ1v) is 6.19. The summed E-state index contributed by atoms with van der Waals surface area (Å²) in [6.45, 7) is 6.60. The zero-order chi connectivity index (χ0) is 14.2. The van der Waals surface area contributed by atoms with E-state index in [1.807, 2.05) is 25.3 Å². The molecule has 0 aliphatic heterocycles. The summed E-state index contributed by atoms with van der Waals surface area (Å²) in [6.07, 6.45) is 0. The van der Waals surface area contributed by atoms with Crippen molar-refractivity contribution in [1.29, 1.82) is 0 Å². The van der Waals surface area contributed by atoms with E-state index in [4.69, 9.17) is 5.11 Å². The molecular weight excluding hydrogens is 244 g/mol. The summed E-state index contributed by atoms with van der Waals surface area (Å²) in [6, 6.07) is 4.88. The number of aliphatic hydroxyl groups is 1. The average molecular weight is 262 g/mol. The standard InChI is InChI=1S/C14H18N2O3/c1-14(2,3)13-15-10-8-9(12(18)19)4-5-11(10)16(13)6-7-17/h4-5,8,17H,6-7H2,1-3H3,(H,18,19). The third kappa shape index (κ3) is 2.46. The van der Waals surface area contributed by atoms with Gasteiger partial charge in [0.15, 0.2) is 0 Å². The van der Waals surface area contributed by atoms with Crippen molar-refractivity contribution in [1.82, 2.24) is 9.55 Å². The summed E-state index contributed by atoms with van der Waals surface area (Å²) in [7, 11) is 0. The van der Waals surface area contributed by atoms with Gasteiger partial charge >= 0.3 is 5.97 Å². The molecule has 0 atom stereocenters. The van der Waals surface area contributed by atoms with Gasteiger partial charge in [0, 0.05) is 12.0 Å². The number of carboxylic acid groups (broad SMARTS) is 1. The fourth-order valence-electron chi connectivity index (χ4n) is 2.16. The van der Waals surface area contributed by atoms with Crippen LogP contribution in [-0.4, -0.2) is 32.3 Å². The molecule has 0 aliphatic rings. The molecule has 5 heteroatoms. The molecule has 0 radical (unpaired) electrons. The minimum atomic E-state index is -0.962. The van der Waals surface area contributed by atoms with Gasteiger partial charge < -0.3 is 14.8 Å². The van der Waals surface area contributed by atoms with Crippen LogP contribution in [0.25, 0.3) is 11.0 Å². The molecule has 0 unspecified atom stereocenters. The maximum absolute atomic E-state index is 11.0. The Bertz CT molecular complexity index is 623. The lowest BCUT2D eigenvalue weighted by molar-refractivity contribution is 0.0697. The van der Waals surface area contributed by atoms with Gasteiger partial charge in [0.1, 0.15) is 5.82 Å². The van der Waals surface area contributed by atoms with E-state index in [1.165, 1.54) is 0 Å². The number of fused-ring (bicyclic) bond motifs is 1. The number of carboxylic acids is 1. The number of hydrogen-bond acceptors (Lipinski definition) is 3. The molecule has 0 aliphatic carbocycles. The molecule has 1 heterocycles. The van der Waals surface area contributed by atoms with Gasteiger partial charge in [-0.3, -0.25) is 0 Å². The second kappa shape index (κ2) is 4.66. The quantitative estimate of drug-likeness (QED) is 0.887. The van der Waals surface area contributed by atoms with E-state index in [0.29, 0.717) is 12.1 Å². The summed E-state index contributed by atoms with van der Waals surface area (Å²) in [5, 5.41) is 18.2. The van der Waals surface area contributed by atoms with Gasteiger partial charge in [-0.15, -0.1) is 0 Å². The van der Waals surface area contributed by atoms with Crippen LogP contribution in [0.15, 0.2) is 18.2 Å². The fourth-order valence-corrected chi connectivity index (χ4v) is 2.16. The van der Waals surface area contributed by atoms with Crippen molar-refractivity contribution in [2.24, 2.45) is 0 Å². The van der Waals surface area contributed by atoms with Crippen molar-refractivity contribution >= 4 is 17.0 Å². The second-order valence-corrected chi connectivity index (χ2v) is 5.57. The van der Waals surface area contributed by atoms with Crippen LogP contribution >= 0.6 is 0 Å². The molecule has 0 spiro atoms. The second-order valence-electron chi connectivity index (χ2n) is 5.57. The Hall–Kier alpha value is -1.88. The van der Waals surface area contributed by atoms with E-state index in [9.17, 15) is 9.90 Å². The average Bonchev–Trinajstić information content (AvgIpc) is 2.67. The molecule has 2 aromatic rings. The number of aromatic carboxylic acids is 1. The summed E-state index contributed by atoms with van der Waals surface area (Å²) < 4.78 is 1.95. The number of benzene rings is 1. The van der Waals surface area contributed by atoms with Crippen molar-refractivity contribution in [3.63, 3.8) is 0 Å². The number of nitrogens with zero attached hydrogens (tertiary/aromatic N) is 2. The van der Waals surface area contributed by atoms with E-state index >= 15 is 0 Å². The third-order valence-electron chi connectivity index (χ3n) is 2.99. The largest absolute Gasteiger partial charge is 0.478 e. The Labute approximate surface area is 111 Å². The zero-order valence-electron chi connectivity index (χ0n) is 11.3. The zero-order valence-corrected chi connectivity index (χ0v) is 11.3. The lowest BCUT2D eigenvalue weighted by atomic mass is 9.95. The maximum Gasteiger partial charge on any atom is 0.335 e. The molecule has 0 amide bonds. The van der Waals surface area contributed by atoms with Crippen LogP contribution in [-0.2, 0) is 12.0 Å². The smallest absolute Gasteiger partial charge is 0.335 e. The van der Waals surface area contributed by atoms with Crippen LogP contribution in [0, 0.1) is 0 Å². The molecule has 1 aromatic carbocycles. The molecule has 0 saturated carbocycles. The summed E-state index contributed by atoms with van der Waals surface area (Å²) in [4.78, 5) is 15.5. The molecule has 5 nitrogen and oxygen atoms in total. The van der Waals surface area contributed by atoms with Crippen LogP contribution in [0.4, 0.5) is 0 Å². The third-order valence-corrected chi connectivity index (χ3v) is 2.99. The number of aliphatic hydroxyl groups excluding tert-OH is 1. The SMILES string of the molecule is CC(C)(C)c1nc2cc(C(=O)O)ccc2n1CCO. The number of rotatable bonds is 3. The predicted octanol–water partition coefficient (Wildman–Crippen LogP) is 2.02. The first kappa shape index (κ1) is 13.5. The maximum atomic E-state index is 11.0. The predicted molar refractivity (Wildman–Crippen MR) is 72.5 cm³/mol. The van der Waals surface area contributed by atoms with E-state index in [2.05, 4.69) is 4.98 Å². The van der Waals surface area contributed by atoms with Gasteiger partial charge in [0.2, 0.25) is 0 Å². The molecule has 1 aromatic heterocycles. The van der Waals surface area contributed by atoms with Crippen LogP contribution in [0.2, 0.25) is 0 Å². The number of aromatic nitrogens is 2. The molecule has 0 fully saturated rings. The van der Waals surface area contributed by atoms with Gasteiger partial charge in [-0.2, -0.15) is 0 Å². The number of hydrogen-bond donors (Lipinski definition) is 2. The van der Waals surface area contributed by atoms with Crippen LogP contribution in [0.3, 0.4) is 0 Å². The molecule has 2 N–H and O–H groups in total. The summed E-state index contributed by atoms with van der Waals surface area (Å²) >= 11 is 0. The molecule has 2 rings (SSSR count). The van der Waals surface area contributed by atoms with E-state index in [0.717, 1.165) is 11.3 Å². The normalized spacial score (nSPS) is 12.0. The van der Waals surface area contributed by atoms with Crippen molar-refractivity contribution in [3.05, 3.63) is 29.6 Å². The Morgan fingerprint density at radius 1 is 1.37 bits per heavy atom. The monoisotopic (exact) mass is 262 g/mol. The Morgan fingerprint density at radius 2 is 2.05 bits per heavy atom. The van der Waals surface area contributed by atoms with Crippen molar-refractivity contribution in [3.8, 4) is 0 Å². The summed E-state index contributed by atoms with van der Waals surface area (Å²) in [5.74, 6) is -0.116. The Balaban J connectivity index is 2.69. The molecular formula is C14H18N2O3. The Morgan fingerprint density at radius 3 is 2.58 bits per heavy atom. The number of carbonyl (C=O) groups is 1. The van der Waals surface area contributed by atoms with Crippen molar-refractivity contribution in [2.75, 3.05) is 6.61 Å². The minimum Gasteiger partial charge on any atom is -0.478 e. The van der Waals surface area contributed by atoms with Crippen LogP contribution in [0.5, 0.6) is 0 Å². The van der Waals surface area contributed by atoms with Gasteiger partial charge in [0.05, 0.1) is 23.2 Å². The first-order valence-electron chi connectivity index (χ1n) is 6.19. The van der Waals surface area contributed by atoms with Gasteiger partial charge in [-0.05, 0) is 18.2 Å². The van der Waals surface area contributed by atoms with Crippen molar-refractivity contribution < 1.29 is 15.0 Å². The van der Waals surface area contributed by atoms with Gasteiger partial charge in [-0.25, -0.2) is 9.78 Å². The first-order chi connectivity index (χ1) is 8.84. The fraction of sp³-hybridized carbons (Fsp3) is 0.429. The summed E-state index contributed by atoms with van der Waals surface area (Å²) in [5.41, 5.74) is 1.56.